The normalized spacial score (nSPS) is 22.1. The lowest BCUT2D eigenvalue weighted by molar-refractivity contribution is -0.121. The number of nitrogens with one attached hydrogen (secondary N) is 1. The highest BCUT2D eigenvalue weighted by molar-refractivity contribution is 9.09. The van der Waals surface area contributed by atoms with Gasteiger partial charge in [-0.1, -0.05) is 61.2 Å². The molecular weight excluding hydrogens is 362 g/mol. The van der Waals surface area contributed by atoms with Crippen molar-refractivity contribution in [3.05, 3.63) is 29.8 Å². The molecule has 1 unspecified atom stereocenters. The molecule has 0 saturated heterocycles. The van der Waals surface area contributed by atoms with Crippen molar-refractivity contribution in [3.8, 4) is 0 Å². The van der Waals surface area contributed by atoms with Gasteiger partial charge in [0.25, 0.3) is 0 Å². The van der Waals surface area contributed by atoms with E-state index in [9.17, 15) is 4.79 Å². The zero-order valence-electron chi connectivity index (χ0n) is 15.2. The van der Waals surface area contributed by atoms with Crippen molar-refractivity contribution >= 4 is 27.5 Å². The smallest absolute Gasteiger partial charge is 0.227 e. The van der Waals surface area contributed by atoms with Crippen LogP contribution in [0.3, 0.4) is 0 Å². The summed E-state index contributed by atoms with van der Waals surface area (Å²) in [5, 5.41) is 3.11. The Labute approximate surface area is 155 Å². The number of amides is 1. The zero-order chi connectivity index (χ0) is 17.4. The Bertz CT molecular complexity index is 491. The third-order valence-corrected chi connectivity index (χ3v) is 6.28. The van der Waals surface area contributed by atoms with Gasteiger partial charge in [-0.15, -0.1) is 0 Å². The fourth-order valence-corrected chi connectivity index (χ4v) is 3.95. The largest absolute Gasteiger partial charge is 0.326 e. The fourth-order valence-electron chi connectivity index (χ4n) is 3.57. The summed E-state index contributed by atoms with van der Waals surface area (Å²) in [7, 11) is 0. The summed E-state index contributed by atoms with van der Waals surface area (Å²) in [4.78, 5) is 13.0. The van der Waals surface area contributed by atoms with Crippen LogP contribution in [0.2, 0.25) is 0 Å². The van der Waals surface area contributed by atoms with Crippen LogP contribution in [0.5, 0.6) is 0 Å². The zero-order valence-corrected chi connectivity index (χ0v) is 16.8. The van der Waals surface area contributed by atoms with Gasteiger partial charge in [-0.3, -0.25) is 4.79 Å². The molecular formula is C21H32BrNO. The van der Waals surface area contributed by atoms with Crippen LogP contribution < -0.4 is 5.32 Å². The topological polar surface area (TPSA) is 29.1 Å². The lowest BCUT2D eigenvalue weighted by Crippen LogP contribution is -2.27. The van der Waals surface area contributed by atoms with E-state index < -0.39 is 0 Å². The number of halogens is 1. The average Bonchev–Trinajstić information content (AvgIpc) is 2.61. The number of rotatable bonds is 8. The molecule has 1 fully saturated rings. The summed E-state index contributed by atoms with van der Waals surface area (Å²) in [5.74, 6) is 1.27. The van der Waals surface area contributed by atoms with Gasteiger partial charge in [0.2, 0.25) is 5.91 Å². The maximum Gasteiger partial charge on any atom is 0.227 e. The second kappa shape index (κ2) is 10.2. The molecule has 2 rings (SSSR count). The Balaban J connectivity index is 1.78. The molecule has 0 aliphatic heterocycles. The Hall–Kier alpha value is -0.830. The summed E-state index contributed by atoms with van der Waals surface area (Å²) < 4.78 is 0. The van der Waals surface area contributed by atoms with Crippen molar-refractivity contribution in [1.82, 2.24) is 0 Å². The van der Waals surface area contributed by atoms with E-state index in [0.29, 0.717) is 4.83 Å². The number of carbonyl (C=O) groups excluding carboxylic acids is 1. The van der Waals surface area contributed by atoms with Gasteiger partial charge < -0.3 is 5.32 Å². The van der Waals surface area contributed by atoms with Gasteiger partial charge in [-0.2, -0.15) is 0 Å². The lowest BCUT2D eigenvalue weighted by atomic mass is 9.79. The van der Waals surface area contributed by atoms with Gasteiger partial charge in [-0.25, -0.2) is 0 Å². The first kappa shape index (κ1) is 19.5. The third kappa shape index (κ3) is 6.23. The second-order valence-electron chi connectivity index (χ2n) is 7.26. The van der Waals surface area contributed by atoms with Gasteiger partial charge in [0.15, 0.2) is 0 Å². The minimum Gasteiger partial charge on any atom is -0.326 e. The quantitative estimate of drug-likeness (QED) is 0.512. The number of hydrogen-bond acceptors (Lipinski definition) is 1. The Morgan fingerprint density at radius 3 is 2.42 bits per heavy atom. The molecule has 0 heterocycles. The van der Waals surface area contributed by atoms with Gasteiger partial charge in [0, 0.05) is 16.4 Å². The molecule has 0 bridgehead atoms. The Morgan fingerprint density at radius 2 is 1.83 bits per heavy atom. The number of alkyl halides is 1. The van der Waals surface area contributed by atoms with E-state index in [1.807, 2.05) is 12.1 Å². The first-order chi connectivity index (χ1) is 11.6. The molecule has 0 spiro atoms. The highest BCUT2D eigenvalue weighted by atomic mass is 79.9. The number of benzene rings is 1. The van der Waals surface area contributed by atoms with Crippen LogP contribution in [0.25, 0.3) is 0 Å². The molecule has 134 valence electrons. The molecule has 1 aliphatic carbocycles. The minimum absolute atomic E-state index is 0.203. The molecule has 0 radical (unpaired) electrons. The summed E-state index contributed by atoms with van der Waals surface area (Å²) in [6.45, 7) is 4.44. The van der Waals surface area contributed by atoms with E-state index in [2.05, 4.69) is 47.2 Å². The summed E-state index contributed by atoms with van der Waals surface area (Å²) in [6, 6.07) is 8.33. The average molecular weight is 394 g/mol. The molecule has 1 aromatic rings. The summed E-state index contributed by atoms with van der Waals surface area (Å²) in [6.07, 6.45) is 10.7. The molecule has 0 aromatic heterocycles. The number of anilines is 1. The molecule has 1 aromatic carbocycles. The molecule has 1 amide bonds. The Kier molecular flexibility index (Phi) is 8.31. The SMILES string of the molecule is CCCCC1CCC(C(=O)Nc2ccc(CC(Br)CC)cc2)CC1. The Morgan fingerprint density at radius 1 is 1.17 bits per heavy atom. The van der Waals surface area contributed by atoms with Gasteiger partial charge in [-0.05, 0) is 62.1 Å². The number of unbranched alkanes of at least 4 members (excludes halogenated alkanes) is 1. The van der Waals surface area contributed by atoms with Gasteiger partial charge >= 0.3 is 0 Å². The fraction of sp³-hybridized carbons (Fsp3) is 0.667. The van der Waals surface area contributed by atoms with Crippen molar-refractivity contribution in [2.24, 2.45) is 11.8 Å². The van der Waals surface area contributed by atoms with E-state index in [1.165, 1.54) is 37.7 Å². The molecule has 3 heteroatoms. The van der Waals surface area contributed by atoms with E-state index in [-0.39, 0.29) is 11.8 Å². The van der Waals surface area contributed by atoms with Crippen molar-refractivity contribution in [2.75, 3.05) is 5.32 Å². The first-order valence-corrected chi connectivity index (χ1v) is 10.6. The van der Waals surface area contributed by atoms with Gasteiger partial charge in [0.1, 0.15) is 0 Å². The predicted octanol–water partition coefficient (Wildman–Crippen LogP) is 6.34. The van der Waals surface area contributed by atoms with Crippen LogP contribution in [0, 0.1) is 11.8 Å². The van der Waals surface area contributed by atoms with Crippen molar-refractivity contribution in [1.29, 1.82) is 0 Å². The molecule has 1 atom stereocenters. The van der Waals surface area contributed by atoms with E-state index in [4.69, 9.17) is 0 Å². The van der Waals surface area contributed by atoms with Crippen LogP contribution in [-0.2, 0) is 11.2 Å². The summed E-state index contributed by atoms with van der Waals surface area (Å²) >= 11 is 3.68. The standard InChI is InChI=1S/C21H32BrNO/c1-3-5-6-16-7-11-18(12-8-16)21(24)23-20-13-9-17(10-14-20)15-19(22)4-2/h9-10,13-14,16,18-19H,3-8,11-12,15H2,1-2H3,(H,23,24). The monoisotopic (exact) mass is 393 g/mol. The van der Waals surface area contributed by atoms with Crippen LogP contribution in [0.4, 0.5) is 5.69 Å². The molecule has 2 nitrogen and oxygen atoms in total. The van der Waals surface area contributed by atoms with Gasteiger partial charge in [0.05, 0.1) is 0 Å². The minimum atomic E-state index is 0.203. The third-order valence-electron chi connectivity index (χ3n) is 5.31. The predicted molar refractivity (Wildman–Crippen MR) is 107 cm³/mol. The van der Waals surface area contributed by atoms with E-state index in [0.717, 1.165) is 37.3 Å². The van der Waals surface area contributed by atoms with Crippen molar-refractivity contribution < 1.29 is 4.79 Å². The number of hydrogen-bond donors (Lipinski definition) is 1. The van der Waals surface area contributed by atoms with E-state index in [1.54, 1.807) is 0 Å². The summed E-state index contributed by atoms with van der Waals surface area (Å²) in [5.41, 5.74) is 2.24. The first-order valence-electron chi connectivity index (χ1n) is 9.66. The van der Waals surface area contributed by atoms with Crippen LogP contribution in [0.1, 0.15) is 70.8 Å². The highest BCUT2D eigenvalue weighted by Gasteiger charge is 2.25. The highest BCUT2D eigenvalue weighted by Crippen LogP contribution is 2.32. The molecule has 1 saturated carbocycles. The second-order valence-corrected chi connectivity index (χ2v) is 8.55. The molecule has 1 N–H and O–H groups in total. The molecule has 1 aliphatic rings. The van der Waals surface area contributed by atoms with E-state index >= 15 is 0 Å². The van der Waals surface area contributed by atoms with Crippen LogP contribution in [-0.4, -0.2) is 10.7 Å². The molecule has 24 heavy (non-hydrogen) atoms. The van der Waals surface area contributed by atoms with Crippen LogP contribution >= 0.6 is 15.9 Å². The maximum atomic E-state index is 12.5. The van der Waals surface area contributed by atoms with Crippen molar-refractivity contribution in [3.63, 3.8) is 0 Å². The number of carbonyl (C=O) groups is 1. The maximum absolute atomic E-state index is 12.5. The van der Waals surface area contributed by atoms with Crippen LogP contribution in [0.15, 0.2) is 24.3 Å². The lowest BCUT2D eigenvalue weighted by Gasteiger charge is -2.27. The van der Waals surface area contributed by atoms with Crippen molar-refractivity contribution in [2.45, 2.75) is 76.5 Å².